The van der Waals surface area contributed by atoms with Crippen LogP contribution in [0.5, 0.6) is 0 Å². The molecule has 12 aromatic carbocycles. The van der Waals surface area contributed by atoms with Crippen LogP contribution in [0.2, 0.25) is 0 Å². The summed E-state index contributed by atoms with van der Waals surface area (Å²) in [4.78, 5) is 0. The van der Waals surface area contributed by atoms with Crippen LogP contribution in [-0.2, 0) is 0 Å². The summed E-state index contributed by atoms with van der Waals surface area (Å²) in [7, 11) is 0. The fourth-order valence-corrected chi connectivity index (χ4v) is 10.8. The molecule has 0 saturated carbocycles. The average molecular weight is 786 g/mol. The Morgan fingerprint density at radius 2 is 0.710 bits per heavy atom. The molecule has 0 atom stereocenters. The molecule has 0 spiro atoms. The van der Waals surface area contributed by atoms with Crippen molar-refractivity contribution in [2.24, 2.45) is 0 Å². The molecule has 0 fully saturated rings. The summed E-state index contributed by atoms with van der Waals surface area (Å²) < 4.78 is 9.12. The van der Waals surface area contributed by atoms with E-state index in [9.17, 15) is 0 Å². The Labute approximate surface area is 356 Å². The maximum Gasteiger partial charge on any atom is 0.143 e. The molecule has 0 aliphatic carbocycles. The summed E-state index contributed by atoms with van der Waals surface area (Å²) in [5, 5.41) is 20.2. The first-order valence-corrected chi connectivity index (χ1v) is 21.4. The Morgan fingerprint density at radius 1 is 0.258 bits per heavy atom. The molecule has 0 bridgehead atoms. The molecule has 0 aliphatic rings. The number of benzene rings is 12. The topological polar surface area (TPSA) is 18.1 Å². The molecule has 0 aliphatic heterocycles. The molecule has 14 aromatic rings. The van der Waals surface area contributed by atoms with Crippen LogP contribution < -0.4 is 0 Å². The summed E-state index contributed by atoms with van der Waals surface area (Å²) in [6.45, 7) is 0. The molecule has 2 nitrogen and oxygen atoms in total. The number of nitrogens with zero attached hydrogens (tertiary/aromatic N) is 1. The molecule has 2 aromatic heterocycles. The van der Waals surface area contributed by atoms with Gasteiger partial charge < -0.3 is 8.98 Å². The standard InChI is InChI=1S/C60H35NO/c1-3-17-43-41(15-1)42-16-2-4-18-44(42)53-35-55-47-29-27-37(32-51(47)45-19-5-6-20-46(45)54(55)34-52(43)53)36-13-11-14-38(31-36)40-23-12-24-50-56-33-39(28-30-59(56)62-60(40)50)61-57-25-9-7-21-48(57)49-22-8-10-26-58(49)61/h1-35H. The highest BCUT2D eigenvalue weighted by Gasteiger charge is 2.18. The van der Waals surface area contributed by atoms with Crippen LogP contribution in [-0.4, -0.2) is 4.57 Å². The zero-order valence-electron chi connectivity index (χ0n) is 33.6. The van der Waals surface area contributed by atoms with E-state index in [0.717, 1.165) is 38.8 Å². The van der Waals surface area contributed by atoms with Crippen LogP contribution in [0.25, 0.3) is 136 Å². The predicted molar refractivity (Wildman–Crippen MR) is 264 cm³/mol. The van der Waals surface area contributed by atoms with Crippen LogP contribution in [0.4, 0.5) is 0 Å². The second-order valence-corrected chi connectivity index (χ2v) is 16.8. The van der Waals surface area contributed by atoms with Gasteiger partial charge in [-0.3, -0.25) is 0 Å². The fourth-order valence-electron chi connectivity index (χ4n) is 10.8. The monoisotopic (exact) mass is 785 g/mol. The van der Waals surface area contributed by atoms with Crippen molar-refractivity contribution in [2.75, 3.05) is 0 Å². The van der Waals surface area contributed by atoms with Gasteiger partial charge in [0.2, 0.25) is 0 Å². The van der Waals surface area contributed by atoms with E-state index in [0.29, 0.717) is 0 Å². The van der Waals surface area contributed by atoms with Crippen molar-refractivity contribution >= 4 is 108 Å². The Bertz CT molecular complexity index is 4170. The molecule has 14 rings (SSSR count). The fraction of sp³-hybridized carbons (Fsp3) is 0. The second-order valence-electron chi connectivity index (χ2n) is 16.8. The highest BCUT2D eigenvalue weighted by molar-refractivity contribution is 6.33. The molecular weight excluding hydrogens is 751 g/mol. The van der Waals surface area contributed by atoms with Gasteiger partial charge in [0.25, 0.3) is 0 Å². The first-order chi connectivity index (χ1) is 30.7. The molecule has 62 heavy (non-hydrogen) atoms. The van der Waals surface area contributed by atoms with Gasteiger partial charge in [0.05, 0.1) is 11.0 Å². The van der Waals surface area contributed by atoms with Gasteiger partial charge in [0.15, 0.2) is 0 Å². The van der Waals surface area contributed by atoms with Crippen LogP contribution in [0.15, 0.2) is 217 Å². The highest BCUT2D eigenvalue weighted by atomic mass is 16.3. The van der Waals surface area contributed by atoms with Crippen molar-refractivity contribution in [1.82, 2.24) is 4.57 Å². The third-order valence-electron chi connectivity index (χ3n) is 13.5. The lowest BCUT2D eigenvalue weighted by Crippen LogP contribution is -1.93. The van der Waals surface area contributed by atoms with Crippen LogP contribution in [0.1, 0.15) is 0 Å². The van der Waals surface area contributed by atoms with Crippen molar-refractivity contribution in [3.05, 3.63) is 212 Å². The van der Waals surface area contributed by atoms with E-state index in [1.165, 1.54) is 97.6 Å². The maximum atomic E-state index is 6.75. The number of para-hydroxylation sites is 3. The van der Waals surface area contributed by atoms with Crippen LogP contribution in [0.3, 0.4) is 0 Å². The minimum Gasteiger partial charge on any atom is -0.455 e. The largest absolute Gasteiger partial charge is 0.455 e. The number of rotatable bonds is 3. The van der Waals surface area contributed by atoms with Crippen molar-refractivity contribution in [3.8, 4) is 27.9 Å². The second kappa shape index (κ2) is 12.7. The van der Waals surface area contributed by atoms with E-state index in [2.05, 4.69) is 217 Å². The SMILES string of the molecule is c1cc(-c2ccc3c(c2)c2ccccc2c2cc4c5ccccc5c5ccccc5c4cc32)cc(-c2cccc3c2oc2ccc(-n4c5ccccc5c5ccccc54)cc23)c1. The third kappa shape index (κ3) is 4.69. The summed E-state index contributed by atoms with van der Waals surface area (Å²) in [5.74, 6) is 0. The summed E-state index contributed by atoms with van der Waals surface area (Å²) in [6.07, 6.45) is 0. The minimum atomic E-state index is 0.885. The Morgan fingerprint density at radius 3 is 1.31 bits per heavy atom. The molecule has 0 amide bonds. The first kappa shape index (κ1) is 33.6. The number of furan rings is 1. The average Bonchev–Trinajstić information content (AvgIpc) is 3.89. The lowest BCUT2D eigenvalue weighted by atomic mass is 9.87. The van der Waals surface area contributed by atoms with Gasteiger partial charge in [0, 0.05) is 32.8 Å². The van der Waals surface area contributed by atoms with E-state index >= 15 is 0 Å². The Kier molecular flexibility index (Phi) is 6.86. The molecule has 286 valence electrons. The van der Waals surface area contributed by atoms with Gasteiger partial charge >= 0.3 is 0 Å². The van der Waals surface area contributed by atoms with Crippen LogP contribution in [0, 0.1) is 0 Å². The van der Waals surface area contributed by atoms with E-state index in [4.69, 9.17) is 4.42 Å². The van der Waals surface area contributed by atoms with E-state index in [1.54, 1.807) is 0 Å². The molecule has 2 heterocycles. The van der Waals surface area contributed by atoms with Gasteiger partial charge in [-0.15, -0.1) is 0 Å². The molecule has 0 radical (unpaired) electrons. The maximum absolute atomic E-state index is 6.75. The van der Waals surface area contributed by atoms with Gasteiger partial charge in [-0.2, -0.15) is 0 Å². The van der Waals surface area contributed by atoms with Gasteiger partial charge in [-0.05, 0) is 136 Å². The van der Waals surface area contributed by atoms with E-state index < -0.39 is 0 Å². The number of hydrogen-bond donors (Lipinski definition) is 0. The number of aromatic nitrogens is 1. The quantitative estimate of drug-likeness (QED) is 0.129. The van der Waals surface area contributed by atoms with Crippen LogP contribution >= 0.6 is 0 Å². The van der Waals surface area contributed by atoms with Crippen molar-refractivity contribution in [3.63, 3.8) is 0 Å². The number of fused-ring (bicyclic) bond motifs is 18. The highest BCUT2D eigenvalue weighted by Crippen LogP contribution is 2.44. The summed E-state index contributed by atoms with van der Waals surface area (Å²) >= 11 is 0. The third-order valence-corrected chi connectivity index (χ3v) is 13.5. The van der Waals surface area contributed by atoms with Gasteiger partial charge in [-0.1, -0.05) is 158 Å². The Hall–Kier alpha value is -8.20. The van der Waals surface area contributed by atoms with Crippen molar-refractivity contribution in [1.29, 1.82) is 0 Å². The predicted octanol–water partition coefficient (Wildman–Crippen LogP) is 16.9. The minimum absolute atomic E-state index is 0.885. The van der Waals surface area contributed by atoms with Gasteiger partial charge in [0.1, 0.15) is 11.2 Å². The lowest BCUT2D eigenvalue weighted by Gasteiger charge is -2.16. The lowest BCUT2D eigenvalue weighted by molar-refractivity contribution is 0.670. The first-order valence-electron chi connectivity index (χ1n) is 21.4. The van der Waals surface area contributed by atoms with Gasteiger partial charge in [-0.25, -0.2) is 0 Å². The molecule has 2 heteroatoms. The van der Waals surface area contributed by atoms with Crippen molar-refractivity contribution in [2.45, 2.75) is 0 Å². The molecule has 0 saturated heterocycles. The zero-order valence-corrected chi connectivity index (χ0v) is 33.6. The number of hydrogen-bond acceptors (Lipinski definition) is 1. The van der Waals surface area contributed by atoms with E-state index in [1.807, 2.05) is 0 Å². The van der Waals surface area contributed by atoms with Crippen molar-refractivity contribution < 1.29 is 4.42 Å². The molecular formula is C60H35NO. The smallest absolute Gasteiger partial charge is 0.143 e. The van der Waals surface area contributed by atoms with E-state index in [-0.39, 0.29) is 0 Å². The molecule has 0 unspecified atom stereocenters. The zero-order chi connectivity index (χ0) is 40.5. The normalized spacial score (nSPS) is 12.2. The molecule has 0 N–H and O–H groups in total. The summed E-state index contributed by atoms with van der Waals surface area (Å²) in [6, 6.07) is 78.0. The summed E-state index contributed by atoms with van der Waals surface area (Å²) in [5.41, 5.74) is 9.88. The Balaban J connectivity index is 0.926.